The molecule has 0 radical (unpaired) electrons. The van der Waals surface area contributed by atoms with Crippen LogP contribution in [0.3, 0.4) is 0 Å². The van der Waals surface area contributed by atoms with Gasteiger partial charge in [-0.1, -0.05) is 39.0 Å². The van der Waals surface area contributed by atoms with Crippen molar-refractivity contribution in [2.24, 2.45) is 0 Å². The van der Waals surface area contributed by atoms with Crippen LogP contribution >= 0.6 is 10.5 Å². The van der Waals surface area contributed by atoms with E-state index in [9.17, 15) is 23.8 Å². The van der Waals surface area contributed by atoms with Crippen LogP contribution in [0.5, 0.6) is 11.6 Å². The van der Waals surface area contributed by atoms with E-state index in [2.05, 4.69) is 43.8 Å². The number of ether oxygens (including phenoxy) is 2. The number of nitrogens with zero attached hydrogens (tertiary/aromatic N) is 3. The van der Waals surface area contributed by atoms with E-state index in [4.69, 9.17) is 13.9 Å². The number of fused-ring (bicyclic) bond motifs is 1. The molecule has 3 aromatic heterocycles. The Morgan fingerprint density at radius 1 is 1.16 bits per heavy atom. The van der Waals surface area contributed by atoms with Crippen LogP contribution in [0.4, 0.5) is 8.78 Å². The molecule has 43 heavy (non-hydrogen) atoms. The predicted octanol–water partition coefficient (Wildman–Crippen LogP) is 6.28. The summed E-state index contributed by atoms with van der Waals surface area (Å²) in [4.78, 5) is 21.2. The molecule has 4 aromatic rings. The van der Waals surface area contributed by atoms with Gasteiger partial charge in [0.25, 0.3) is 15.8 Å². The number of aliphatic hydroxyl groups is 1. The van der Waals surface area contributed by atoms with Gasteiger partial charge in [0.15, 0.2) is 8.32 Å². The number of aromatic carboxylic acids is 1. The number of alkyl halides is 2. The van der Waals surface area contributed by atoms with E-state index in [0.717, 1.165) is 0 Å². The minimum atomic E-state index is -3.08. The topological polar surface area (TPSA) is 118 Å². The zero-order chi connectivity index (χ0) is 31.7. The number of imidazole rings is 1. The fraction of sp³-hybridized carbons (Fsp3) is 0.433. The number of carboxylic acid groups (broad SMARTS) is 1. The van der Waals surface area contributed by atoms with Crippen molar-refractivity contribution in [1.29, 1.82) is 0 Å². The molecule has 4 rings (SSSR count). The van der Waals surface area contributed by atoms with Crippen molar-refractivity contribution in [3.8, 4) is 22.3 Å². The first-order valence-electron chi connectivity index (χ1n) is 13.9. The van der Waals surface area contributed by atoms with E-state index in [1.807, 2.05) is 6.92 Å². The maximum atomic E-state index is 13.5. The van der Waals surface area contributed by atoms with E-state index >= 15 is 0 Å². The summed E-state index contributed by atoms with van der Waals surface area (Å²) in [5.41, 5.74) is 2.75. The third kappa shape index (κ3) is 6.90. The number of thiazole rings is 1. The summed E-state index contributed by atoms with van der Waals surface area (Å²) in [5.74, 6) is -1.28. The molecular weight excluding hydrogens is 596 g/mol. The number of rotatable bonds is 12. The predicted molar refractivity (Wildman–Crippen MR) is 161 cm³/mol. The van der Waals surface area contributed by atoms with Gasteiger partial charge in [0, 0.05) is 22.2 Å². The van der Waals surface area contributed by atoms with E-state index in [-0.39, 0.29) is 34.8 Å². The lowest BCUT2D eigenvalue weighted by atomic mass is 10.1. The van der Waals surface area contributed by atoms with Gasteiger partial charge in [-0.05, 0) is 55.2 Å². The number of benzene rings is 1. The number of halogens is 2. The third-order valence-electron chi connectivity index (χ3n) is 7.75. The first kappa shape index (κ1) is 32.5. The molecule has 0 aliphatic heterocycles. The highest BCUT2D eigenvalue weighted by Crippen LogP contribution is 2.44. The standard InChI is InChI=1S/C30H37F2N3O6SSi/c1-8-42-25(28(37)38)26(34-27(42)22-14-33-24-12-10-20(16-36)15-35(22)24)40-18(2)21-11-9-19(13-23(21)41-29(31)32)17-39-43(6,7)30(3,4)5/h9-15,18,29,36H,8,16-17H2,1-7H3/t18-,42?/m1/s1. The average Bonchev–Trinajstić information content (AvgIpc) is 3.51. The van der Waals surface area contributed by atoms with Gasteiger partial charge in [0.2, 0.25) is 0 Å². The van der Waals surface area contributed by atoms with Gasteiger partial charge in [-0.3, -0.25) is 4.40 Å². The van der Waals surface area contributed by atoms with Gasteiger partial charge in [-0.25, -0.2) is 4.98 Å². The molecule has 1 unspecified atom stereocenters. The second-order valence-corrected chi connectivity index (χ2v) is 18.6. The monoisotopic (exact) mass is 633 g/mol. The molecule has 0 saturated heterocycles. The summed E-state index contributed by atoms with van der Waals surface area (Å²) in [6, 6.07) is 8.36. The number of carbonyl (C=O) groups excluding carboxylic acids is 1. The number of aliphatic hydroxyl groups excluding tert-OH is 1. The lowest BCUT2D eigenvalue weighted by Crippen LogP contribution is -2.40. The molecule has 2 atom stereocenters. The van der Waals surface area contributed by atoms with Crippen molar-refractivity contribution in [2.45, 2.75) is 84.4 Å². The number of carbonyl (C=O) groups is 1. The normalized spacial score (nSPS) is 13.5. The van der Waals surface area contributed by atoms with Gasteiger partial charge in [-0.2, -0.15) is 13.8 Å². The zero-order valence-corrected chi connectivity index (χ0v) is 27.1. The quantitative estimate of drug-likeness (QED) is 0.143. The average molecular weight is 634 g/mol. The lowest BCUT2D eigenvalue weighted by molar-refractivity contribution is -0.254. The van der Waals surface area contributed by atoms with Crippen molar-refractivity contribution >= 4 is 30.4 Å². The van der Waals surface area contributed by atoms with Crippen LogP contribution in [0.25, 0.3) is 16.3 Å². The van der Waals surface area contributed by atoms with Gasteiger partial charge in [-0.15, -0.1) is 0 Å². The number of hydrogen-bond donors (Lipinski definition) is 1. The van der Waals surface area contributed by atoms with E-state index in [1.165, 1.54) is 6.07 Å². The Morgan fingerprint density at radius 2 is 1.86 bits per heavy atom. The first-order chi connectivity index (χ1) is 20.2. The fourth-order valence-corrected chi connectivity index (χ4v) is 7.14. The van der Waals surface area contributed by atoms with Crippen LogP contribution in [-0.4, -0.2) is 40.4 Å². The van der Waals surface area contributed by atoms with Gasteiger partial charge < -0.3 is 28.9 Å². The number of aromatic nitrogens is 3. The molecule has 0 aliphatic carbocycles. The Hall–Kier alpha value is -3.39. The molecule has 13 heteroatoms. The minimum absolute atomic E-state index is 0.0238. The molecule has 0 aliphatic rings. The highest BCUT2D eigenvalue weighted by atomic mass is 32.2. The van der Waals surface area contributed by atoms with Gasteiger partial charge in [0.05, 0.1) is 19.4 Å². The third-order valence-corrected chi connectivity index (χ3v) is 14.4. The second kappa shape index (κ2) is 12.7. The van der Waals surface area contributed by atoms with E-state index in [1.54, 1.807) is 48.0 Å². The molecule has 232 valence electrons. The maximum Gasteiger partial charge on any atom is 0.387 e. The number of hydrogen-bond acceptors (Lipinski definition) is 8. The fourth-order valence-electron chi connectivity index (χ4n) is 4.32. The maximum absolute atomic E-state index is 13.5. The highest BCUT2D eigenvalue weighted by molar-refractivity contribution is 7.35. The van der Waals surface area contributed by atoms with Crippen molar-refractivity contribution in [2.75, 3.05) is 0 Å². The number of pyridine rings is 1. The van der Waals surface area contributed by atoms with E-state index in [0.29, 0.717) is 38.8 Å². The van der Waals surface area contributed by atoms with Gasteiger partial charge >= 0.3 is 6.61 Å². The molecule has 0 amide bonds. The largest absolute Gasteiger partial charge is 0.540 e. The van der Waals surface area contributed by atoms with Crippen LogP contribution in [0, 0.1) is 0 Å². The summed E-state index contributed by atoms with van der Waals surface area (Å²) in [6.45, 7) is 11.0. The molecular formula is C30H37F2N3O6SSi. The van der Waals surface area contributed by atoms with Crippen molar-refractivity contribution < 1.29 is 37.7 Å². The summed E-state index contributed by atoms with van der Waals surface area (Å²) >= 11 is 0. The molecule has 1 N–H and O–H groups in total. The first-order valence-corrected chi connectivity index (χ1v) is 18.2. The Balaban J connectivity index is 1.70. The summed E-state index contributed by atoms with van der Waals surface area (Å²) in [5, 5.41) is 22.4. The smallest absolute Gasteiger partial charge is 0.387 e. The lowest BCUT2D eigenvalue weighted by Gasteiger charge is -2.36. The summed E-state index contributed by atoms with van der Waals surface area (Å²) < 4.78 is 45.8. The van der Waals surface area contributed by atoms with Crippen molar-refractivity contribution in [3.05, 3.63) is 64.3 Å². The molecule has 0 bridgehead atoms. The van der Waals surface area contributed by atoms with Gasteiger partial charge in [0.1, 0.15) is 34.9 Å². The SMILES string of the molecule is CC[s+]1c(-c2cnc3ccc(CO)cn23)nc(O[C@H](C)c2ccc(CO[Si](C)(C)C(C)(C)C)cc2OC(F)F)c1C(=O)[O-]. The molecule has 9 nitrogen and oxygen atoms in total. The van der Waals surface area contributed by atoms with Crippen LogP contribution in [0.2, 0.25) is 18.1 Å². The second-order valence-electron chi connectivity index (χ2n) is 11.6. The van der Waals surface area contributed by atoms with Crippen LogP contribution in [0.15, 0.2) is 42.7 Å². The van der Waals surface area contributed by atoms with Crippen LogP contribution < -0.4 is 14.6 Å². The Morgan fingerprint density at radius 3 is 2.47 bits per heavy atom. The Bertz CT molecular complexity index is 1620. The molecule has 3 heterocycles. The molecule has 0 spiro atoms. The molecule has 0 fully saturated rings. The minimum Gasteiger partial charge on any atom is -0.540 e. The van der Waals surface area contributed by atoms with Crippen molar-refractivity contribution in [1.82, 2.24) is 14.4 Å². The Labute approximate surface area is 253 Å². The highest BCUT2D eigenvalue weighted by Gasteiger charge is 2.37. The van der Waals surface area contributed by atoms with E-state index < -0.39 is 37.5 Å². The van der Waals surface area contributed by atoms with Crippen LogP contribution in [0.1, 0.15) is 67.1 Å². The zero-order valence-electron chi connectivity index (χ0n) is 25.3. The molecule has 0 saturated carbocycles. The van der Waals surface area contributed by atoms with Crippen molar-refractivity contribution in [3.63, 3.8) is 0 Å². The Kier molecular flexibility index (Phi) is 9.59. The van der Waals surface area contributed by atoms with Crippen LogP contribution in [-0.2, 0) is 23.4 Å². The summed E-state index contributed by atoms with van der Waals surface area (Å²) in [6.07, 6.45) is 2.40. The molecule has 1 aromatic carbocycles. The number of carboxylic acids is 1. The summed E-state index contributed by atoms with van der Waals surface area (Å²) in [7, 11) is -3.11.